The Morgan fingerprint density at radius 2 is 2.04 bits per heavy atom. The molecule has 0 N–H and O–H groups in total. The quantitative estimate of drug-likeness (QED) is 0.835. The van der Waals surface area contributed by atoms with E-state index in [-0.39, 0.29) is 36.8 Å². The number of anilines is 1. The summed E-state index contributed by atoms with van der Waals surface area (Å²) >= 11 is 0. The minimum atomic E-state index is -0.297. The number of hydrogen-bond acceptors (Lipinski definition) is 4. The molecule has 27 heavy (non-hydrogen) atoms. The van der Waals surface area contributed by atoms with E-state index < -0.39 is 0 Å². The molecule has 1 fully saturated rings. The van der Waals surface area contributed by atoms with Gasteiger partial charge in [0.05, 0.1) is 6.04 Å². The van der Waals surface area contributed by atoms with Crippen molar-refractivity contribution < 1.29 is 18.7 Å². The zero-order chi connectivity index (χ0) is 18.8. The first-order valence-electron chi connectivity index (χ1n) is 9.06. The van der Waals surface area contributed by atoms with E-state index in [9.17, 15) is 14.0 Å². The maximum atomic E-state index is 13.3. The van der Waals surface area contributed by atoms with Crippen molar-refractivity contribution in [3.8, 4) is 5.75 Å². The Balaban J connectivity index is 1.56. The van der Waals surface area contributed by atoms with E-state index in [4.69, 9.17) is 4.74 Å². The highest BCUT2D eigenvalue weighted by molar-refractivity contribution is 6.01. The van der Waals surface area contributed by atoms with E-state index in [2.05, 4.69) is 4.98 Å². The van der Waals surface area contributed by atoms with Gasteiger partial charge in [-0.1, -0.05) is 12.1 Å². The zero-order valence-electron chi connectivity index (χ0n) is 14.8. The van der Waals surface area contributed by atoms with Crippen molar-refractivity contribution in [3.63, 3.8) is 0 Å². The molecule has 2 aromatic rings. The van der Waals surface area contributed by atoms with Crippen LogP contribution in [0.25, 0.3) is 0 Å². The summed E-state index contributed by atoms with van der Waals surface area (Å²) in [7, 11) is 0. The first-order valence-corrected chi connectivity index (χ1v) is 9.06. The van der Waals surface area contributed by atoms with E-state index in [0.29, 0.717) is 18.1 Å². The van der Waals surface area contributed by atoms with Gasteiger partial charge in [0, 0.05) is 12.7 Å². The van der Waals surface area contributed by atoms with Gasteiger partial charge < -0.3 is 9.64 Å². The molecule has 1 aromatic heterocycles. The summed E-state index contributed by atoms with van der Waals surface area (Å²) in [6.07, 6.45) is 4.31. The van der Waals surface area contributed by atoms with Gasteiger partial charge in [0.25, 0.3) is 5.91 Å². The molecule has 0 unspecified atom stereocenters. The first kappa shape index (κ1) is 17.5. The van der Waals surface area contributed by atoms with E-state index in [1.165, 1.54) is 17.0 Å². The number of aromatic nitrogens is 1. The van der Waals surface area contributed by atoms with Crippen LogP contribution in [0, 0.1) is 5.82 Å². The van der Waals surface area contributed by atoms with Crippen LogP contribution in [-0.4, -0.2) is 41.4 Å². The summed E-state index contributed by atoms with van der Waals surface area (Å²) in [6, 6.07) is 9.63. The Bertz CT molecular complexity index is 856. The average molecular weight is 369 g/mol. The van der Waals surface area contributed by atoms with Crippen LogP contribution in [0.3, 0.4) is 0 Å². The number of fused-ring (bicyclic) bond motifs is 1. The van der Waals surface area contributed by atoms with Gasteiger partial charge >= 0.3 is 0 Å². The number of rotatable bonds is 3. The van der Waals surface area contributed by atoms with Crippen molar-refractivity contribution in [2.24, 2.45) is 0 Å². The number of nitrogens with zero attached hydrogens (tertiary/aromatic N) is 3. The lowest BCUT2D eigenvalue weighted by Gasteiger charge is -2.38. The van der Waals surface area contributed by atoms with Crippen LogP contribution in [0.2, 0.25) is 0 Å². The lowest BCUT2D eigenvalue weighted by molar-refractivity contribution is -0.135. The van der Waals surface area contributed by atoms with Gasteiger partial charge in [0.15, 0.2) is 18.2 Å². The summed E-state index contributed by atoms with van der Waals surface area (Å²) < 4.78 is 18.6. The van der Waals surface area contributed by atoms with Crippen LogP contribution < -0.4 is 9.64 Å². The third-order valence-electron chi connectivity index (χ3n) is 5.03. The number of halogens is 1. The van der Waals surface area contributed by atoms with Crippen molar-refractivity contribution in [1.29, 1.82) is 0 Å². The zero-order valence-corrected chi connectivity index (χ0v) is 14.8. The summed E-state index contributed by atoms with van der Waals surface area (Å²) in [5, 5.41) is 0. The first-order chi connectivity index (χ1) is 13.1. The molecule has 3 heterocycles. The smallest absolute Gasteiger partial charge is 0.266 e. The Morgan fingerprint density at radius 1 is 1.22 bits per heavy atom. The molecule has 7 heteroatoms. The van der Waals surface area contributed by atoms with Crippen molar-refractivity contribution >= 4 is 17.6 Å². The summed E-state index contributed by atoms with van der Waals surface area (Å²) in [5.41, 5.74) is 0.913. The number of pyridine rings is 1. The van der Waals surface area contributed by atoms with Gasteiger partial charge in [-0.15, -0.1) is 0 Å². The van der Waals surface area contributed by atoms with E-state index >= 15 is 0 Å². The number of amides is 2. The number of piperidine rings is 1. The Hall–Kier alpha value is -2.96. The molecule has 4 rings (SSSR count). The second-order valence-electron chi connectivity index (χ2n) is 6.74. The van der Waals surface area contributed by atoms with Crippen LogP contribution >= 0.6 is 0 Å². The molecule has 0 aliphatic carbocycles. The fourth-order valence-electron chi connectivity index (χ4n) is 3.68. The van der Waals surface area contributed by atoms with E-state index in [1.807, 2.05) is 0 Å². The fourth-order valence-corrected chi connectivity index (χ4v) is 3.68. The molecule has 2 aliphatic rings. The second-order valence-corrected chi connectivity index (χ2v) is 6.74. The maximum absolute atomic E-state index is 13.3. The van der Waals surface area contributed by atoms with Crippen LogP contribution in [0.4, 0.5) is 10.2 Å². The third-order valence-corrected chi connectivity index (χ3v) is 5.03. The van der Waals surface area contributed by atoms with Crippen molar-refractivity contribution in [3.05, 3.63) is 54.0 Å². The second kappa shape index (κ2) is 7.34. The number of likely N-dealkylation sites (tertiary alicyclic amines) is 1. The summed E-state index contributed by atoms with van der Waals surface area (Å²) in [6.45, 7) is 0.436. The molecule has 140 valence electrons. The molecule has 0 spiro atoms. The summed E-state index contributed by atoms with van der Waals surface area (Å²) in [4.78, 5) is 32.8. The highest BCUT2D eigenvalue weighted by atomic mass is 19.1. The topological polar surface area (TPSA) is 62.7 Å². The monoisotopic (exact) mass is 369 g/mol. The van der Waals surface area contributed by atoms with Gasteiger partial charge in [-0.25, -0.2) is 9.37 Å². The van der Waals surface area contributed by atoms with Crippen LogP contribution in [-0.2, 0) is 9.59 Å². The van der Waals surface area contributed by atoms with Gasteiger partial charge in [0.1, 0.15) is 12.4 Å². The van der Waals surface area contributed by atoms with Crippen LogP contribution in [0.1, 0.15) is 30.9 Å². The Morgan fingerprint density at radius 3 is 2.85 bits per heavy atom. The van der Waals surface area contributed by atoms with E-state index in [1.54, 1.807) is 35.4 Å². The lowest BCUT2D eigenvalue weighted by atomic mass is 9.95. The summed E-state index contributed by atoms with van der Waals surface area (Å²) in [5.74, 6) is 0.144. The fraction of sp³-hybridized carbons (Fsp3) is 0.350. The number of hydrogen-bond donors (Lipinski definition) is 0. The molecule has 1 saturated heterocycles. The third kappa shape index (κ3) is 3.49. The highest BCUT2D eigenvalue weighted by Crippen LogP contribution is 2.33. The van der Waals surface area contributed by atoms with Crippen LogP contribution in [0.15, 0.2) is 42.6 Å². The predicted octanol–water partition coefficient (Wildman–Crippen LogP) is 2.70. The molecule has 0 radical (unpaired) electrons. The minimum absolute atomic E-state index is 0.0795. The molecule has 6 nitrogen and oxygen atoms in total. The van der Waals surface area contributed by atoms with Crippen molar-refractivity contribution in [1.82, 2.24) is 9.88 Å². The molecular weight excluding hydrogens is 349 g/mol. The Labute approximate surface area is 156 Å². The largest absolute Gasteiger partial charge is 0.480 e. The minimum Gasteiger partial charge on any atom is -0.480 e. The SMILES string of the molecule is O=C1COc2cccnc2N1CC(=O)N1CCCC[C@@H]1c1ccc(F)cc1. The molecule has 1 atom stereocenters. The Kier molecular flexibility index (Phi) is 4.75. The van der Waals surface area contributed by atoms with Gasteiger partial charge in [0.2, 0.25) is 5.91 Å². The number of carbonyl (C=O) groups is 2. The van der Waals surface area contributed by atoms with E-state index in [0.717, 1.165) is 24.8 Å². The molecule has 2 aliphatic heterocycles. The highest BCUT2D eigenvalue weighted by Gasteiger charge is 2.33. The molecule has 1 aromatic carbocycles. The number of benzene rings is 1. The van der Waals surface area contributed by atoms with Crippen molar-refractivity contribution in [2.45, 2.75) is 25.3 Å². The molecular formula is C20H20FN3O3. The normalized spacial score (nSPS) is 19.4. The molecule has 0 saturated carbocycles. The van der Waals surface area contributed by atoms with Gasteiger partial charge in [-0.3, -0.25) is 14.5 Å². The van der Waals surface area contributed by atoms with Crippen molar-refractivity contribution in [2.75, 3.05) is 24.6 Å². The number of carbonyl (C=O) groups excluding carboxylic acids is 2. The standard InChI is InChI=1S/C20H20FN3O3/c21-15-8-6-14(7-9-15)16-4-1-2-11-23(16)18(25)12-24-19(26)13-27-17-5-3-10-22-20(17)24/h3,5-10,16H,1-2,4,11-13H2/t16-/m1/s1. The van der Waals surface area contributed by atoms with Crippen LogP contribution in [0.5, 0.6) is 5.75 Å². The molecule has 2 amide bonds. The predicted molar refractivity (Wildman–Crippen MR) is 96.8 cm³/mol. The molecule has 0 bridgehead atoms. The average Bonchev–Trinajstić information content (AvgIpc) is 2.71. The number of ether oxygens (including phenoxy) is 1. The van der Waals surface area contributed by atoms with Gasteiger partial charge in [-0.2, -0.15) is 0 Å². The maximum Gasteiger partial charge on any atom is 0.266 e. The lowest BCUT2D eigenvalue weighted by Crippen LogP contribution is -2.48. The van der Waals surface area contributed by atoms with Gasteiger partial charge in [-0.05, 0) is 49.1 Å².